The molecule has 0 atom stereocenters. The Bertz CT molecular complexity index is 1780. The van der Waals surface area contributed by atoms with Crippen molar-refractivity contribution in [3.05, 3.63) is 134 Å². The Hall–Kier alpha value is -3.71. The van der Waals surface area contributed by atoms with E-state index >= 15 is 0 Å². The van der Waals surface area contributed by atoms with E-state index in [1.54, 1.807) is 6.07 Å². The average molecular weight is 629 g/mol. The van der Waals surface area contributed by atoms with Gasteiger partial charge in [0.25, 0.3) is 0 Å². The average Bonchev–Trinajstić information content (AvgIpc) is 3.81. The van der Waals surface area contributed by atoms with Gasteiger partial charge in [0.2, 0.25) is 0 Å². The highest BCUT2D eigenvalue weighted by molar-refractivity contribution is 6.30. The number of likely N-dealkylation sites (tertiary alicyclic amines) is 1. The number of aromatic nitrogens is 2. The van der Waals surface area contributed by atoms with Gasteiger partial charge >= 0.3 is 5.97 Å². The standard InChI is InChI=1S/C36H32Cl2FN3O2/c37-27-9-4-23(5-10-27)34(24-6-11-28(38)12-7-24)26-8-14-32-33(20-26)42(35(40-32)25-2-3-25)29-15-17-41(18-16-29)21-22-1-13-31(39)30(19-22)36(43)44/h1,4-14,19-20,25,29,34H,2-3,15-18,21H2,(H,43,44). The Morgan fingerprint density at radius 3 is 2.05 bits per heavy atom. The summed E-state index contributed by atoms with van der Waals surface area (Å²) in [4.78, 5) is 18.9. The Labute approximate surface area is 265 Å². The first kappa shape index (κ1) is 29.0. The molecule has 5 aromatic rings. The van der Waals surface area contributed by atoms with Crippen molar-refractivity contribution < 1.29 is 14.3 Å². The lowest BCUT2D eigenvalue weighted by Gasteiger charge is -2.34. The maximum atomic E-state index is 13.9. The summed E-state index contributed by atoms with van der Waals surface area (Å²) in [7, 11) is 0. The maximum Gasteiger partial charge on any atom is 0.338 e. The molecule has 1 saturated carbocycles. The van der Waals surface area contributed by atoms with Crippen LogP contribution in [0.1, 0.15) is 82.0 Å². The summed E-state index contributed by atoms with van der Waals surface area (Å²) in [5.74, 6) is -0.241. The molecule has 2 fully saturated rings. The van der Waals surface area contributed by atoms with Crippen LogP contribution in [-0.4, -0.2) is 38.6 Å². The summed E-state index contributed by atoms with van der Waals surface area (Å²) in [6.45, 7) is 2.33. The summed E-state index contributed by atoms with van der Waals surface area (Å²) in [5, 5.41) is 10.7. The third-order valence-corrected chi connectivity index (χ3v) is 9.52. The van der Waals surface area contributed by atoms with Crippen molar-refractivity contribution in [1.29, 1.82) is 0 Å². The van der Waals surface area contributed by atoms with Gasteiger partial charge in [0.05, 0.1) is 16.6 Å². The molecule has 8 heteroatoms. The van der Waals surface area contributed by atoms with Crippen molar-refractivity contribution >= 4 is 40.2 Å². The van der Waals surface area contributed by atoms with Crippen LogP contribution in [0.3, 0.4) is 0 Å². The number of nitrogens with zero attached hydrogens (tertiary/aromatic N) is 3. The van der Waals surface area contributed by atoms with E-state index in [0.29, 0.717) is 28.5 Å². The van der Waals surface area contributed by atoms with E-state index < -0.39 is 11.8 Å². The van der Waals surface area contributed by atoms with Crippen molar-refractivity contribution in [3.8, 4) is 0 Å². The minimum absolute atomic E-state index is 0.00917. The number of rotatable bonds is 8. The molecule has 0 radical (unpaired) electrons. The van der Waals surface area contributed by atoms with Crippen LogP contribution < -0.4 is 0 Å². The van der Waals surface area contributed by atoms with Crippen molar-refractivity contribution in [2.45, 2.75) is 50.1 Å². The van der Waals surface area contributed by atoms with Crippen LogP contribution in [0.4, 0.5) is 4.39 Å². The zero-order valence-electron chi connectivity index (χ0n) is 24.1. The van der Waals surface area contributed by atoms with Gasteiger partial charge in [-0.3, -0.25) is 4.90 Å². The smallest absolute Gasteiger partial charge is 0.338 e. The van der Waals surface area contributed by atoms with Crippen molar-refractivity contribution in [2.75, 3.05) is 13.1 Å². The number of halogens is 3. The second-order valence-corrected chi connectivity index (χ2v) is 12.9. The molecule has 0 bridgehead atoms. The van der Waals surface area contributed by atoms with Gasteiger partial charge in [-0.05, 0) is 96.5 Å². The van der Waals surface area contributed by atoms with Gasteiger partial charge in [0.1, 0.15) is 11.6 Å². The highest BCUT2D eigenvalue weighted by atomic mass is 35.5. The molecule has 1 aliphatic heterocycles. The molecule has 2 heterocycles. The van der Waals surface area contributed by atoms with Gasteiger partial charge in [-0.1, -0.05) is 59.6 Å². The van der Waals surface area contributed by atoms with Gasteiger partial charge in [-0.2, -0.15) is 0 Å². The number of aromatic carboxylic acids is 1. The van der Waals surface area contributed by atoms with E-state index in [9.17, 15) is 14.3 Å². The fourth-order valence-electron chi connectivity index (χ4n) is 6.64. The number of benzene rings is 4. The molecular formula is C36H32Cl2FN3O2. The molecule has 5 nitrogen and oxygen atoms in total. The SMILES string of the molecule is O=C(O)c1cc(CN2CCC(n3c(C4CC4)nc4ccc(C(c5ccc(Cl)cc5)c5ccc(Cl)cc5)cc43)CC2)ccc1F. The zero-order chi connectivity index (χ0) is 30.4. The number of carbonyl (C=O) groups is 1. The number of carboxylic acids is 1. The lowest BCUT2D eigenvalue weighted by molar-refractivity contribution is 0.0691. The molecule has 0 unspecified atom stereocenters. The van der Waals surface area contributed by atoms with Crippen LogP contribution in [0, 0.1) is 5.82 Å². The molecule has 1 aromatic heterocycles. The number of imidazole rings is 1. The first-order valence-corrected chi connectivity index (χ1v) is 15.9. The zero-order valence-corrected chi connectivity index (χ0v) is 25.6. The Kier molecular flexibility index (Phi) is 7.91. The molecule has 224 valence electrons. The normalized spacial score (nSPS) is 16.2. The predicted molar refractivity (Wildman–Crippen MR) is 172 cm³/mol. The minimum Gasteiger partial charge on any atom is -0.478 e. The highest BCUT2D eigenvalue weighted by Gasteiger charge is 2.33. The van der Waals surface area contributed by atoms with Gasteiger partial charge in [0, 0.05) is 47.6 Å². The minimum atomic E-state index is -1.24. The molecule has 2 aliphatic rings. The van der Waals surface area contributed by atoms with E-state index in [-0.39, 0.29) is 11.5 Å². The van der Waals surface area contributed by atoms with E-state index in [1.165, 1.54) is 41.9 Å². The van der Waals surface area contributed by atoms with Gasteiger partial charge < -0.3 is 9.67 Å². The molecular weight excluding hydrogens is 596 g/mol. The third-order valence-electron chi connectivity index (χ3n) is 9.01. The first-order chi connectivity index (χ1) is 21.3. The van der Waals surface area contributed by atoms with Crippen LogP contribution in [0.5, 0.6) is 0 Å². The monoisotopic (exact) mass is 627 g/mol. The topological polar surface area (TPSA) is 58.4 Å². The van der Waals surface area contributed by atoms with Crippen LogP contribution in [0.25, 0.3) is 11.0 Å². The van der Waals surface area contributed by atoms with Crippen molar-refractivity contribution in [2.24, 2.45) is 0 Å². The van der Waals surface area contributed by atoms with Crippen molar-refractivity contribution in [3.63, 3.8) is 0 Å². The summed E-state index contributed by atoms with van der Waals surface area (Å²) in [6, 6.07) is 27.5. The lowest BCUT2D eigenvalue weighted by Crippen LogP contribution is -2.34. The van der Waals surface area contributed by atoms with Crippen LogP contribution in [-0.2, 0) is 6.54 Å². The summed E-state index contributed by atoms with van der Waals surface area (Å²) >= 11 is 12.5. The maximum absolute atomic E-state index is 13.9. The Morgan fingerprint density at radius 1 is 0.841 bits per heavy atom. The number of carboxylic acid groups (broad SMARTS) is 1. The van der Waals surface area contributed by atoms with E-state index in [0.717, 1.165) is 48.1 Å². The Morgan fingerprint density at radius 2 is 1.45 bits per heavy atom. The van der Waals surface area contributed by atoms with Crippen LogP contribution in [0.2, 0.25) is 10.0 Å². The molecule has 1 N–H and O–H groups in total. The largest absolute Gasteiger partial charge is 0.478 e. The van der Waals surface area contributed by atoms with E-state index in [4.69, 9.17) is 28.2 Å². The molecule has 1 aliphatic carbocycles. The predicted octanol–water partition coefficient (Wildman–Crippen LogP) is 9.08. The third kappa shape index (κ3) is 5.86. The lowest BCUT2D eigenvalue weighted by atomic mass is 9.85. The molecule has 4 aromatic carbocycles. The quantitative estimate of drug-likeness (QED) is 0.174. The second-order valence-electron chi connectivity index (χ2n) is 12.0. The van der Waals surface area contributed by atoms with Crippen LogP contribution in [0.15, 0.2) is 84.9 Å². The molecule has 1 saturated heterocycles. The molecule has 0 spiro atoms. The number of fused-ring (bicyclic) bond motifs is 1. The van der Waals surface area contributed by atoms with Crippen molar-refractivity contribution in [1.82, 2.24) is 14.5 Å². The summed E-state index contributed by atoms with van der Waals surface area (Å²) < 4.78 is 16.4. The number of piperidine rings is 1. The highest BCUT2D eigenvalue weighted by Crippen LogP contribution is 2.44. The summed E-state index contributed by atoms with van der Waals surface area (Å²) in [5.41, 5.74) is 6.23. The first-order valence-electron chi connectivity index (χ1n) is 15.1. The number of hydrogen-bond donors (Lipinski definition) is 1. The van der Waals surface area contributed by atoms with Crippen LogP contribution >= 0.6 is 23.2 Å². The van der Waals surface area contributed by atoms with E-state index in [2.05, 4.69) is 51.9 Å². The fourth-order valence-corrected chi connectivity index (χ4v) is 6.89. The molecule has 7 rings (SSSR count). The Balaban J connectivity index is 1.20. The van der Waals surface area contributed by atoms with E-state index in [1.807, 2.05) is 24.3 Å². The fraction of sp³-hybridized carbons (Fsp3) is 0.278. The summed E-state index contributed by atoms with van der Waals surface area (Å²) in [6.07, 6.45) is 4.26. The van der Waals surface area contributed by atoms with Gasteiger partial charge in [-0.25, -0.2) is 14.2 Å². The van der Waals surface area contributed by atoms with Gasteiger partial charge in [-0.15, -0.1) is 0 Å². The second kappa shape index (κ2) is 12.0. The van der Waals surface area contributed by atoms with Gasteiger partial charge in [0.15, 0.2) is 0 Å². The molecule has 0 amide bonds. The molecule has 44 heavy (non-hydrogen) atoms. The number of hydrogen-bond acceptors (Lipinski definition) is 3.